The lowest BCUT2D eigenvalue weighted by Crippen LogP contribution is -2.35. The highest BCUT2D eigenvalue weighted by molar-refractivity contribution is 5.85. The Hall–Kier alpha value is -4.50. The second-order valence-corrected chi connectivity index (χ2v) is 9.95. The summed E-state index contributed by atoms with van der Waals surface area (Å²) in [5, 5.41) is 0. The van der Waals surface area contributed by atoms with Crippen LogP contribution in [0.5, 0.6) is 0 Å². The van der Waals surface area contributed by atoms with Crippen molar-refractivity contribution in [2.45, 2.75) is 40.0 Å². The van der Waals surface area contributed by atoms with Crippen LogP contribution in [0.1, 0.15) is 25.0 Å². The van der Waals surface area contributed by atoms with Gasteiger partial charge in [-0.15, -0.1) is 0 Å². The van der Waals surface area contributed by atoms with Crippen LogP contribution in [-0.4, -0.2) is 31.4 Å². The fraction of sp³-hybridized carbons (Fsp3) is 0.250. The molecule has 2 unspecified atom stereocenters. The molecule has 0 radical (unpaired) electrons. The fourth-order valence-corrected chi connectivity index (χ4v) is 5.46. The van der Waals surface area contributed by atoms with Crippen molar-refractivity contribution in [2.75, 3.05) is 33.7 Å². The van der Waals surface area contributed by atoms with Crippen LogP contribution in [0.15, 0.2) is 85.2 Å². The van der Waals surface area contributed by atoms with Gasteiger partial charge in [-0.05, 0) is 75.2 Å². The fourth-order valence-electron chi connectivity index (χ4n) is 5.46. The highest BCUT2D eigenvalue weighted by Gasteiger charge is 2.32. The quantitative estimate of drug-likeness (QED) is 0.261. The van der Waals surface area contributed by atoms with E-state index < -0.39 is 0 Å². The van der Waals surface area contributed by atoms with E-state index in [0.717, 1.165) is 5.56 Å². The first-order valence-corrected chi connectivity index (χ1v) is 12.9. The molecule has 0 spiro atoms. The summed E-state index contributed by atoms with van der Waals surface area (Å²) in [5.41, 5.74) is 10.4. The van der Waals surface area contributed by atoms with Gasteiger partial charge in [0.05, 0.1) is 29.3 Å². The smallest absolute Gasteiger partial charge is 0.187 e. The van der Waals surface area contributed by atoms with Gasteiger partial charge in [0, 0.05) is 37.9 Å². The molecule has 0 amide bonds. The Morgan fingerprint density at radius 1 is 0.658 bits per heavy atom. The minimum atomic E-state index is 0.268. The number of aryl methyl sites for hydroxylation is 2. The second kappa shape index (κ2) is 10.1. The largest absolute Gasteiger partial charge is 0.353 e. The maximum atomic E-state index is 7.11. The van der Waals surface area contributed by atoms with Gasteiger partial charge in [-0.2, -0.15) is 0 Å². The molecule has 0 N–H and O–H groups in total. The molecule has 0 aliphatic carbocycles. The Kier molecular flexibility index (Phi) is 6.69. The van der Waals surface area contributed by atoms with Gasteiger partial charge >= 0.3 is 0 Å². The van der Waals surface area contributed by atoms with Gasteiger partial charge in [-0.1, -0.05) is 36.4 Å². The molecule has 0 fully saturated rings. The van der Waals surface area contributed by atoms with Crippen LogP contribution in [0.25, 0.3) is 4.85 Å². The van der Waals surface area contributed by atoms with E-state index in [1.165, 1.54) is 39.7 Å². The highest BCUT2D eigenvalue weighted by atomic mass is 15.4. The van der Waals surface area contributed by atoms with Gasteiger partial charge < -0.3 is 19.6 Å². The van der Waals surface area contributed by atoms with Gasteiger partial charge in [-0.25, -0.2) is 4.85 Å². The molecule has 4 aromatic rings. The van der Waals surface area contributed by atoms with E-state index in [1.807, 2.05) is 24.5 Å². The molecule has 0 saturated heterocycles. The van der Waals surface area contributed by atoms with E-state index >= 15 is 0 Å². The van der Waals surface area contributed by atoms with Crippen LogP contribution in [0.2, 0.25) is 0 Å². The van der Waals surface area contributed by atoms with Crippen molar-refractivity contribution >= 4 is 39.8 Å². The molecule has 3 aromatic carbocycles. The normalized spacial score (nSPS) is 17.5. The molecule has 6 heteroatoms. The predicted molar refractivity (Wildman–Crippen MR) is 159 cm³/mol. The Bertz CT molecular complexity index is 1510. The molecule has 192 valence electrons. The number of fused-ring (bicyclic) bond motifs is 2. The van der Waals surface area contributed by atoms with Crippen LogP contribution in [0.3, 0.4) is 0 Å². The summed E-state index contributed by atoms with van der Waals surface area (Å²) in [6.07, 6.45) is 4.37. The van der Waals surface area contributed by atoms with E-state index in [0.29, 0.717) is 11.9 Å². The van der Waals surface area contributed by atoms with Crippen molar-refractivity contribution in [1.82, 2.24) is 4.98 Å². The van der Waals surface area contributed by atoms with Crippen LogP contribution in [0.4, 0.5) is 39.8 Å². The molecule has 2 atom stereocenters. The Labute approximate surface area is 226 Å². The van der Waals surface area contributed by atoms with Crippen LogP contribution < -0.4 is 19.6 Å². The van der Waals surface area contributed by atoms with Gasteiger partial charge in [0.25, 0.3) is 0 Å². The zero-order chi connectivity index (χ0) is 27.0. The first-order chi connectivity index (χ1) is 18.3. The summed E-state index contributed by atoms with van der Waals surface area (Å²) < 4.78 is 0. The number of aromatic nitrogens is 1. The third-order valence-corrected chi connectivity index (χ3v) is 7.73. The molecule has 38 heavy (non-hydrogen) atoms. The van der Waals surface area contributed by atoms with Crippen molar-refractivity contribution in [3.63, 3.8) is 0 Å². The van der Waals surface area contributed by atoms with Gasteiger partial charge in [-0.3, -0.25) is 4.98 Å². The zero-order valence-electron chi connectivity index (χ0n) is 22.9. The van der Waals surface area contributed by atoms with E-state index in [9.17, 15) is 0 Å². The molecule has 1 aromatic heterocycles. The summed E-state index contributed by atoms with van der Waals surface area (Å²) in [5.74, 6) is 0. The number of nitrogens with zero attached hydrogens (tertiary/aromatic N) is 6. The number of anilines is 6. The topological polar surface area (TPSA) is 30.2 Å². The molecular weight excluding hydrogens is 468 g/mol. The standard InChI is InChI=1S/C17H17N3.C15H17N3/c1-12-11-14(18-3)9-10-15(12)20-13(2)19(4)16-7-5-6-8-17(16)20;1-11-10-16-9-8-13(11)18-12(2)17(3)14-6-4-5-7-15(14)18/h5-11,13H,1-2,4H3;4-10,12H,1-3H3. The van der Waals surface area contributed by atoms with Crippen LogP contribution in [-0.2, 0) is 0 Å². The average Bonchev–Trinajstić information content (AvgIpc) is 3.34. The number of pyridine rings is 1. The maximum absolute atomic E-state index is 7.11. The number of hydrogen-bond acceptors (Lipinski definition) is 5. The summed E-state index contributed by atoms with van der Waals surface area (Å²) in [7, 11) is 4.26. The molecular formula is C32H34N6. The van der Waals surface area contributed by atoms with Crippen molar-refractivity contribution in [1.29, 1.82) is 0 Å². The molecule has 2 aliphatic heterocycles. The van der Waals surface area contributed by atoms with Crippen LogP contribution >= 0.6 is 0 Å². The lowest BCUT2D eigenvalue weighted by molar-refractivity contribution is 0.732. The van der Waals surface area contributed by atoms with E-state index in [4.69, 9.17) is 6.57 Å². The van der Waals surface area contributed by atoms with E-state index in [-0.39, 0.29) is 6.17 Å². The van der Waals surface area contributed by atoms with Gasteiger partial charge in [0.1, 0.15) is 12.3 Å². The van der Waals surface area contributed by atoms with Gasteiger partial charge in [0.2, 0.25) is 0 Å². The molecule has 6 rings (SSSR count). The van der Waals surface area contributed by atoms with Crippen molar-refractivity contribution in [3.05, 3.63) is 108 Å². The average molecular weight is 503 g/mol. The Morgan fingerprint density at radius 3 is 1.63 bits per heavy atom. The monoisotopic (exact) mass is 502 g/mol. The van der Waals surface area contributed by atoms with E-state index in [2.05, 4.69) is 132 Å². The summed E-state index contributed by atoms with van der Waals surface area (Å²) in [6.45, 7) is 15.7. The van der Waals surface area contributed by atoms with Crippen molar-refractivity contribution < 1.29 is 0 Å². The minimum Gasteiger partial charge on any atom is -0.353 e. The Balaban J connectivity index is 0.000000156. The molecule has 0 bridgehead atoms. The predicted octanol–water partition coefficient (Wildman–Crippen LogP) is 7.80. The molecule has 6 nitrogen and oxygen atoms in total. The molecule has 0 saturated carbocycles. The number of rotatable bonds is 2. The molecule has 3 heterocycles. The first-order valence-electron chi connectivity index (χ1n) is 12.9. The lowest BCUT2D eigenvalue weighted by atomic mass is 10.1. The van der Waals surface area contributed by atoms with Crippen molar-refractivity contribution in [3.8, 4) is 0 Å². The number of para-hydroxylation sites is 4. The second-order valence-electron chi connectivity index (χ2n) is 9.95. The Morgan fingerprint density at radius 2 is 1.16 bits per heavy atom. The van der Waals surface area contributed by atoms with Gasteiger partial charge in [0.15, 0.2) is 5.69 Å². The summed E-state index contributed by atoms with van der Waals surface area (Å²) >= 11 is 0. The maximum Gasteiger partial charge on any atom is 0.187 e. The SMILES string of the molecule is Cc1cnccc1N1c2ccccc2N(C)C1C.[C-]#[N+]c1ccc(N2c3ccccc3N(C)C2C)c(C)c1. The lowest BCUT2D eigenvalue weighted by Gasteiger charge is -2.29. The van der Waals surface area contributed by atoms with Crippen LogP contribution in [0, 0.1) is 20.4 Å². The minimum absolute atomic E-state index is 0.268. The number of benzene rings is 3. The first kappa shape index (κ1) is 25.2. The third-order valence-electron chi connectivity index (χ3n) is 7.73. The molecule has 2 aliphatic rings. The summed E-state index contributed by atoms with van der Waals surface area (Å²) in [4.78, 5) is 16.9. The third kappa shape index (κ3) is 4.20. The highest BCUT2D eigenvalue weighted by Crippen LogP contribution is 2.45. The number of hydrogen-bond donors (Lipinski definition) is 0. The van der Waals surface area contributed by atoms with Crippen molar-refractivity contribution in [2.24, 2.45) is 0 Å². The summed E-state index contributed by atoms with van der Waals surface area (Å²) in [6, 6.07) is 24.9. The zero-order valence-corrected chi connectivity index (χ0v) is 22.9. The van der Waals surface area contributed by atoms with E-state index in [1.54, 1.807) is 0 Å².